The molecule has 1 unspecified atom stereocenters. The van der Waals surface area contributed by atoms with Gasteiger partial charge in [0.1, 0.15) is 0 Å². The number of hydrogen-bond donors (Lipinski definition) is 1. The van der Waals surface area contributed by atoms with Crippen LogP contribution in [0.25, 0.3) is 0 Å². The first-order valence-electron chi connectivity index (χ1n) is 6.90. The first kappa shape index (κ1) is 14.3. The van der Waals surface area contributed by atoms with Crippen LogP contribution in [0.3, 0.4) is 0 Å². The molecule has 0 aliphatic carbocycles. The van der Waals surface area contributed by atoms with Gasteiger partial charge in [-0.15, -0.1) is 0 Å². The normalized spacial score (nSPS) is 13.4. The summed E-state index contributed by atoms with van der Waals surface area (Å²) in [4.78, 5) is 0. The van der Waals surface area contributed by atoms with Crippen molar-refractivity contribution >= 4 is 0 Å². The third kappa shape index (κ3) is 3.35. The molecule has 0 fully saturated rings. The molecule has 0 bridgehead atoms. The zero-order valence-corrected chi connectivity index (χ0v) is 12.3. The molecule has 0 saturated carbocycles. The topological polar surface area (TPSA) is 17.0 Å². The van der Waals surface area contributed by atoms with Gasteiger partial charge in [-0.1, -0.05) is 20.8 Å². The number of aromatic nitrogens is 1. The molecule has 17 heavy (non-hydrogen) atoms. The number of rotatable bonds is 6. The molecule has 0 aliphatic rings. The molecule has 0 aliphatic heterocycles. The molecule has 98 valence electrons. The second-order valence-electron chi connectivity index (χ2n) is 5.28. The first-order valence-corrected chi connectivity index (χ1v) is 6.90. The monoisotopic (exact) mass is 236 g/mol. The summed E-state index contributed by atoms with van der Waals surface area (Å²) in [5.41, 5.74) is 4.24. The molecule has 1 atom stereocenters. The van der Waals surface area contributed by atoms with Crippen LogP contribution in [0.15, 0.2) is 6.07 Å². The molecule has 1 aromatic heterocycles. The van der Waals surface area contributed by atoms with Crippen LogP contribution >= 0.6 is 0 Å². The lowest BCUT2D eigenvalue weighted by molar-refractivity contribution is 0.387. The quantitative estimate of drug-likeness (QED) is 0.798. The zero-order valence-electron chi connectivity index (χ0n) is 12.3. The minimum atomic E-state index is 0.625. The third-order valence-electron chi connectivity index (χ3n) is 3.79. The van der Waals surface area contributed by atoms with E-state index in [1.807, 2.05) is 0 Å². The van der Waals surface area contributed by atoms with E-state index in [9.17, 15) is 0 Å². The van der Waals surface area contributed by atoms with E-state index in [0.29, 0.717) is 12.0 Å². The van der Waals surface area contributed by atoms with Crippen LogP contribution < -0.4 is 5.32 Å². The van der Waals surface area contributed by atoms with Crippen LogP contribution in [0.5, 0.6) is 0 Å². The molecule has 0 saturated heterocycles. The summed E-state index contributed by atoms with van der Waals surface area (Å²) < 4.78 is 2.38. The molecule has 0 amide bonds. The fourth-order valence-corrected chi connectivity index (χ4v) is 2.63. The average molecular weight is 236 g/mol. The second-order valence-corrected chi connectivity index (χ2v) is 5.28. The summed E-state index contributed by atoms with van der Waals surface area (Å²) in [6, 6.07) is 2.94. The van der Waals surface area contributed by atoms with E-state index < -0.39 is 0 Å². The Kier molecular flexibility index (Phi) is 5.26. The van der Waals surface area contributed by atoms with Gasteiger partial charge in [0.25, 0.3) is 0 Å². The fraction of sp³-hybridized carbons (Fsp3) is 0.733. The smallest absolute Gasteiger partial charge is 0.0226 e. The predicted molar refractivity (Wildman–Crippen MR) is 75.3 cm³/mol. The van der Waals surface area contributed by atoms with Crippen molar-refractivity contribution in [3.63, 3.8) is 0 Å². The van der Waals surface area contributed by atoms with Crippen molar-refractivity contribution in [3.05, 3.63) is 23.0 Å². The van der Waals surface area contributed by atoms with Crippen molar-refractivity contribution in [1.82, 2.24) is 9.88 Å². The highest BCUT2D eigenvalue weighted by Crippen LogP contribution is 2.16. The number of nitrogens with one attached hydrogen (secondary N) is 1. The summed E-state index contributed by atoms with van der Waals surface area (Å²) in [6.07, 6.45) is 1.20. The maximum atomic E-state index is 3.68. The molecular formula is C15H28N2. The molecule has 1 heterocycles. The summed E-state index contributed by atoms with van der Waals surface area (Å²) in [7, 11) is 0. The van der Waals surface area contributed by atoms with Gasteiger partial charge in [-0.25, -0.2) is 0 Å². The Hall–Kier alpha value is -0.760. The fourth-order valence-electron chi connectivity index (χ4n) is 2.63. The van der Waals surface area contributed by atoms with Gasteiger partial charge in [-0.3, -0.25) is 0 Å². The van der Waals surface area contributed by atoms with Crippen molar-refractivity contribution in [2.24, 2.45) is 5.92 Å². The predicted octanol–water partition coefficient (Wildman–Crippen LogP) is 3.65. The van der Waals surface area contributed by atoms with E-state index in [0.717, 1.165) is 13.1 Å². The number of hydrogen-bond acceptors (Lipinski definition) is 1. The Morgan fingerprint density at radius 1 is 1.24 bits per heavy atom. The van der Waals surface area contributed by atoms with Crippen molar-refractivity contribution < 1.29 is 0 Å². The molecule has 0 aromatic carbocycles. The van der Waals surface area contributed by atoms with Crippen molar-refractivity contribution in [1.29, 1.82) is 0 Å². The van der Waals surface area contributed by atoms with Gasteiger partial charge in [0.05, 0.1) is 0 Å². The highest BCUT2D eigenvalue weighted by atomic mass is 15.0. The Balaban J connectivity index is 2.69. The third-order valence-corrected chi connectivity index (χ3v) is 3.79. The lowest BCUT2D eigenvalue weighted by atomic mass is 10.0. The Morgan fingerprint density at radius 3 is 2.29 bits per heavy atom. The summed E-state index contributed by atoms with van der Waals surface area (Å²) >= 11 is 0. The highest BCUT2D eigenvalue weighted by molar-refractivity contribution is 5.26. The first-order chi connectivity index (χ1) is 8.01. The maximum Gasteiger partial charge on any atom is 0.0226 e. The molecule has 0 radical (unpaired) electrons. The van der Waals surface area contributed by atoms with E-state index in [4.69, 9.17) is 0 Å². The van der Waals surface area contributed by atoms with Crippen LogP contribution in [-0.4, -0.2) is 10.6 Å². The lowest BCUT2D eigenvalue weighted by Crippen LogP contribution is -2.32. The van der Waals surface area contributed by atoms with Gasteiger partial charge in [-0.2, -0.15) is 0 Å². The van der Waals surface area contributed by atoms with Crippen LogP contribution in [0, 0.1) is 19.8 Å². The molecular weight excluding hydrogens is 208 g/mol. The Morgan fingerprint density at radius 2 is 1.88 bits per heavy atom. The minimum Gasteiger partial charge on any atom is -0.349 e. The van der Waals surface area contributed by atoms with Crippen LogP contribution in [0.1, 0.15) is 51.1 Å². The Bertz CT molecular complexity index is 350. The van der Waals surface area contributed by atoms with Gasteiger partial charge in [0, 0.05) is 30.5 Å². The van der Waals surface area contributed by atoms with Gasteiger partial charge in [0.15, 0.2) is 0 Å². The van der Waals surface area contributed by atoms with Crippen LogP contribution in [0.4, 0.5) is 0 Å². The molecule has 1 rings (SSSR count). The second kappa shape index (κ2) is 6.25. The van der Waals surface area contributed by atoms with Gasteiger partial charge < -0.3 is 9.88 Å². The maximum absolute atomic E-state index is 3.68. The lowest BCUT2D eigenvalue weighted by Gasteiger charge is -2.20. The highest BCUT2D eigenvalue weighted by Gasteiger charge is 2.12. The largest absolute Gasteiger partial charge is 0.349 e. The Labute approximate surface area is 106 Å². The average Bonchev–Trinajstić information content (AvgIpc) is 2.54. The van der Waals surface area contributed by atoms with Gasteiger partial charge in [-0.05, 0) is 44.7 Å². The van der Waals surface area contributed by atoms with Gasteiger partial charge in [0.2, 0.25) is 0 Å². The molecule has 2 heteroatoms. The van der Waals surface area contributed by atoms with Crippen molar-refractivity contribution in [2.45, 2.75) is 67.1 Å². The summed E-state index contributed by atoms with van der Waals surface area (Å²) in [5, 5.41) is 3.68. The zero-order chi connectivity index (χ0) is 13.0. The van der Waals surface area contributed by atoms with E-state index in [-0.39, 0.29) is 0 Å². The SMILES string of the molecule is CCC(NCc1cc(C)n(CC)c1C)C(C)C. The standard InChI is InChI=1S/C15H28N2/c1-7-15(11(3)4)16-10-14-9-12(5)17(8-2)13(14)6/h9,11,15-16H,7-8,10H2,1-6H3. The minimum absolute atomic E-state index is 0.625. The molecule has 1 aromatic rings. The van der Waals surface area contributed by atoms with Crippen LogP contribution in [0.2, 0.25) is 0 Å². The van der Waals surface area contributed by atoms with E-state index in [2.05, 4.69) is 57.5 Å². The van der Waals surface area contributed by atoms with E-state index in [1.165, 1.54) is 23.4 Å². The molecule has 0 spiro atoms. The van der Waals surface area contributed by atoms with Crippen molar-refractivity contribution in [3.8, 4) is 0 Å². The summed E-state index contributed by atoms with van der Waals surface area (Å²) in [6.45, 7) is 15.5. The van der Waals surface area contributed by atoms with Crippen molar-refractivity contribution in [2.75, 3.05) is 0 Å². The number of nitrogens with zero attached hydrogens (tertiary/aromatic N) is 1. The molecule has 2 nitrogen and oxygen atoms in total. The van der Waals surface area contributed by atoms with E-state index in [1.54, 1.807) is 0 Å². The number of aryl methyl sites for hydroxylation is 1. The van der Waals surface area contributed by atoms with Crippen LogP contribution in [-0.2, 0) is 13.1 Å². The molecule has 1 N–H and O–H groups in total. The summed E-state index contributed by atoms with van der Waals surface area (Å²) in [5.74, 6) is 0.703. The van der Waals surface area contributed by atoms with Gasteiger partial charge >= 0.3 is 0 Å². The van der Waals surface area contributed by atoms with E-state index >= 15 is 0 Å².